The molecule has 3 rings (SSSR count). The summed E-state index contributed by atoms with van der Waals surface area (Å²) in [5.74, 6) is -1.21. The fraction of sp³-hybridized carbons (Fsp3) is 0.238. The zero-order valence-corrected chi connectivity index (χ0v) is 15.8. The topological polar surface area (TPSA) is 90.3 Å². The number of anilines is 1. The predicted octanol–water partition coefficient (Wildman–Crippen LogP) is 2.77. The van der Waals surface area contributed by atoms with Crippen molar-refractivity contribution in [1.82, 2.24) is 9.78 Å². The number of carbonyl (C=O) groups is 2. The van der Waals surface area contributed by atoms with E-state index in [1.54, 1.807) is 43.3 Å². The highest BCUT2D eigenvalue weighted by Crippen LogP contribution is 2.14. The Labute approximate surface area is 161 Å². The van der Waals surface area contributed by atoms with E-state index in [0.717, 1.165) is 12.0 Å². The van der Waals surface area contributed by atoms with Crippen LogP contribution in [0.3, 0.4) is 0 Å². The first kappa shape index (κ1) is 19.3. The van der Waals surface area contributed by atoms with E-state index >= 15 is 0 Å². The first-order valence-corrected chi connectivity index (χ1v) is 9.09. The average molecular weight is 379 g/mol. The largest absolute Gasteiger partial charge is 0.451 e. The summed E-state index contributed by atoms with van der Waals surface area (Å²) in [7, 11) is 0. The number of ether oxygens (including phenoxy) is 1. The Kier molecular flexibility index (Phi) is 5.84. The third kappa shape index (κ3) is 4.09. The molecular weight excluding hydrogens is 358 g/mol. The minimum absolute atomic E-state index is 0.0112. The van der Waals surface area contributed by atoms with Gasteiger partial charge in [-0.2, -0.15) is 5.10 Å². The number of hydrogen-bond acceptors (Lipinski definition) is 5. The van der Waals surface area contributed by atoms with E-state index in [1.165, 1.54) is 4.68 Å². The van der Waals surface area contributed by atoms with Crippen molar-refractivity contribution in [3.8, 4) is 0 Å². The van der Waals surface area contributed by atoms with Crippen LogP contribution in [0.4, 0.5) is 5.69 Å². The van der Waals surface area contributed by atoms with Crippen LogP contribution in [0.2, 0.25) is 0 Å². The summed E-state index contributed by atoms with van der Waals surface area (Å²) in [5, 5.41) is 7.56. The number of aryl methyl sites for hydroxylation is 2. The molecule has 0 saturated carbocycles. The number of hydrogen-bond donors (Lipinski definition) is 1. The van der Waals surface area contributed by atoms with Crippen molar-refractivity contribution in [3.05, 3.63) is 70.1 Å². The van der Waals surface area contributed by atoms with Crippen LogP contribution in [0.1, 0.15) is 29.9 Å². The maximum Gasteiger partial charge on any atom is 0.359 e. The lowest BCUT2D eigenvalue weighted by molar-refractivity contribution is -0.119. The van der Waals surface area contributed by atoms with E-state index < -0.39 is 18.5 Å². The zero-order chi connectivity index (χ0) is 20.1. The number of benzene rings is 2. The first-order valence-electron chi connectivity index (χ1n) is 9.09. The lowest BCUT2D eigenvalue weighted by Crippen LogP contribution is -2.27. The minimum atomic E-state index is -0.755. The third-order valence-corrected chi connectivity index (χ3v) is 4.34. The number of nitrogens with zero attached hydrogens (tertiary/aromatic N) is 2. The van der Waals surface area contributed by atoms with Crippen LogP contribution in [0.15, 0.2) is 53.3 Å². The Balaban J connectivity index is 1.73. The summed E-state index contributed by atoms with van der Waals surface area (Å²) in [5.41, 5.74) is 1.52. The van der Waals surface area contributed by atoms with Crippen molar-refractivity contribution in [2.75, 3.05) is 11.9 Å². The zero-order valence-electron chi connectivity index (χ0n) is 15.8. The fourth-order valence-corrected chi connectivity index (χ4v) is 2.82. The van der Waals surface area contributed by atoms with E-state index in [9.17, 15) is 14.4 Å². The molecule has 1 amide bonds. The molecule has 0 aliphatic heterocycles. The fourth-order valence-electron chi connectivity index (χ4n) is 2.82. The molecule has 0 saturated heterocycles. The smallest absolute Gasteiger partial charge is 0.359 e. The summed E-state index contributed by atoms with van der Waals surface area (Å²) in [6.45, 7) is 3.68. The molecule has 3 aromatic rings. The molecule has 0 unspecified atom stereocenters. The SMILES string of the molecule is CCc1ccc(NC(=O)COC(=O)c2nn(CC)c(=O)c3ccccc23)cc1. The Morgan fingerprint density at radius 3 is 2.36 bits per heavy atom. The number of fused-ring (bicyclic) bond motifs is 1. The second-order valence-electron chi connectivity index (χ2n) is 6.19. The molecule has 144 valence electrons. The monoisotopic (exact) mass is 379 g/mol. The van der Waals surface area contributed by atoms with Gasteiger partial charge in [0.25, 0.3) is 11.5 Å². The summed E-state index contributed by atoms with van der Waals surface area (Å²) in [4.78, 5) is 36.9. The minimum Gasteiger partial charge on any atom is -0.451 e. The van der Waals surface area contributed by atoms with Crippen LogP contribution < -0.4 is 10.9 Å². The van der Waals surface area contributed by atoms with Crippen molar-refractivity contribution in [2.24, 2.45) is 0 Å². The molecular formula is C21H21N3O4. The summed E-state index contributed by atoms with van der Waals surface area (Å²) < 4.78 is 6.33. The van der Waals surface area contributed by atoms with Gasteiger partial charge in [0, 0.05) is 17.6 Å². The number of rotatable bonds is 6. The molecule has 1 heterocycles. The van der Waals surface area contributed by atoms with Crippen molar-refractivity contribution in [1.29, 1.82) is 0 Å². The molecule has 1 aromatic heterocycles. The van der Waals surface area contributed by atoms with Crippen LogP contribution in [0, 0.1) is 0 Å². The molecule has 0 radical (unpaired) electrons. The maximum atomic E-state index is 12.5. The second kappa shape index (κ2) is 8.47. The van der Waals surface area contributed by atoms with Gasteiger partial charge < -0.3 is 10.1 Å². The third-order valence-electron chi connectivity index (χ3n) is 4.34. The van der Waals surface area contributed by atoms with Gasteiger partial charge in [-0.15, -0.1) is 0 Å². The van der Waals surface area contributed by atoms with Gasteiger partial charge in [0.1, 0.15) is 0 Å². The molecule has 0 fully saturated rings. The van der Waals surface area contributed by atoms with Crippen molar-refractivity contribution in [3.63, 3.8) is 0 Å². The van der Waals surface area contributed by atoms with E-state index in [0.29, 0.717) is 23.0 Å². The van der Waals surface area contributed by atoms with Crippen molar-refractivity contribution < 1.29 is 14.3 Å². The van der Waals surface area contributed by atoms with Gasteiger partial charge in [-0.05, 0) is 37.1 Å². The van der Waals surface area contributed by atoms with E-state index in [1.807, 2.05) is 19.1 Å². The second-order valence-corrected chi connectivity index (χ2v) is 6.19. The van der Waals surface area contributed by atoms with Crippen LogP contribution in [-0.2, 0) is 22.5 Å². The van der Waals surface area contributed by atoms with Gasteiger partial charge in [-0.3, -0.25) is 9.59 Å². The van der Waals surface area contributed by atoms with Crippen LogP contribution in [0.5, 0.6) is 0 Å². The highest BCUT2D eigenvalue weighted by atomic mass is 16.5. The predicted molar refractivity (Wildman–Crippen MR) is 106 cm³/mol. The number of esters is 1. The number of nitrogens with one attached hydrogen (secondary N) is 1. The highest BCUT2D eigenvalue weighted by molar-refractivity contribution is 6.03. The van der Waals surface area contributed by atoms with E-state index in [4.69, 9.17) is 4.74 Å². The number of amides is 1. The maximum absolute atomic E-state index is 12.5. The normalized spacial score (nSPS) is 10.6. The quantitative estimate of drug-likeness (QED) is 0.665. The highest BCUT2D eigenvalue weighted by Gasteiger charge is 2.18. The Bertz CT molecular complexity index is 1070. The molecule has 0 atom stereocenters. The van der Waals surface area contributed by atoms with Gasteiger partial charge in [0.2, 0.25) is 0 Å². The number of carbonyl (C=O) groups excluding carboxylic acids is 2. The van der Waals surface area contributed by atoms with Gasteiger partial charge in [-0.1, -0.05) is 37.3 Å². The molecule has 2 aromatic carbocycles. The van der Waals surface area contributed by atoms with Gasteiger partial charge >= 0.3 is 5.97 Å². The van der Waals surface area contributed by atoms with Gasteiger partial charge in [0.15, 0.2) is 12.3 Å². The molecule has 0 aliphatic rings. The van der Waals surface area contributed by atoms with Crippen LogP contribution >= 0.6 is 0 Å². The van der Waals surface area contributed by atoms with Gasteiger partial charge in [-0.25, -0.2) is 9.48 Å². The van der Waals surface area contributed by atoms with Crippen LogP contribution in [-0.4, -0.2) is 28.3 Å². The van der Waals surface area contributed by atoms with E-state index in [2.05, 4.69) is 10.4 Å². The Morgan fingerprint density at radius 1 is 1.04 bits per heavy atom. The lowest BCUT2D eigenvalue weighted by Gasteiger charge is -2.10. The summed E-state index contributed by atoms with van der Waals surface area (Å²) >= 11 is 0. The molecule has 0 aliphatic carbocycles. The first-order chi connectivity index (χ1) is 13.5. The Hall–Kier alpha value is -3.48. The molecule has 7 heteroatoms. The molecule has 0 spiro atoms. The molecule has 7 nitrogen and oxygen atoms in total. The summed E-state index contributed by atoms with van der Waals surface area (Å²) in [6.07, 6.45) is 0.909. The van der Waals surface area contributed by atoms with Crippen molar-refractivity contribution in [2.45, 2.75) is 26.8 Å². The Morgan fingerprint density at radius 2 is 1.71 bits per heavy atom. The van der Waals surface area contributed by atoms with Crippen molar-refractivity contribution >= 4 is 28.3 Å². The van der Waals surface area contributed by atoms with E-state index in [-0.39, 0.29) is 11.3 Å². The average Bonchev–Trinajstić information content (AvgIpc) is 2.73. The molecule has 1 N–H and O–H groups in total. The molecule has 0 bridgehead atoms. The lowest BCUT2D eigenvalue weighted by atomic mass is 10.1. The number of aromatic nitrogens is 2. The summed E-state index contributed by atoms with van der Waals surface area (Å²) in [6, 6.07) is 14.1. The molecule has 28 heavy (non-hydrogen) atoms. The van der Waals surface area contributed by atoms with Crippen LogP contribution in [0.25, 0.3) is 10.8 Å². The standard InChI is InChI=1S/C21H21N3O4/c1-3-14-9-11-15(12-10-14)22-18(25)13-28-21(27)19-16-7-5-6-8-17(16)20(26)24(4-2)23-19/h5-12H,3-4,13H2,1-2H3,(H,22,25). The van der Waals surface area contributed by atoms with Gasteiger partial charge in [0.05, 0.1) is 5.39 Å².